The van der Waals surface area contributed by atoms with Gasteiger partial charge in [0.2, 0.25) is 0 Å². The molecule has 0 heterocycles. The van der Waals surface area contributed by atoms with E-state index in [0.29, 0.717) is 0 Å². The fraction of sp³-hybridized carbons (Fsp3) is 0.333. The van der Waals surface area contributed by atoms with Gasteiger partial charge in [-0.1, -0.05) is 0 Å². The number of halogens is 5. The highest BCUT2D eigenvalue weighted by molar-refractivity contribution is 6.17. The molecule has 0 bridgehead atoms. The Balaban J connectivity index is 2.88. The first-order valence-corrected chi connectivity index (χ1v) is 4.53. The summed E-state index contributed by atoms with van der Waals surface area (Å²) >= 11 is 5.36. The molecular formula is C9H7ClF4O. The molecule has 84 valence electrons. The normalized spacial score (nSPS) is 10.8. The Bertz CT molecular complexity index is 320. The van der Waals surface area contributed by atoms with Crippen molar-refractivity contribution in [1.82, 2.24) is 0 Å². The van der Waals surface area contributed by atoms with Crippen LogP contribution >= 0.6 is 11.6 Å². The van der Waals surface area contributed by atoms with E-state index in [2.05, 4.69) is 4.74 Å². The highest BCUT2D eigenvalue weighted by Crippen LogP contribution is 2.24. The quantitative estimate of drug-likeness (QED) is 0.581. The Labute approximate surface area is 88.6 Å². The summed E-state index contributed by atoms with van der Waals surface area (Å²) in [5.74, 6) is -2.94. The van der Waals surface area contributed by atoms with Crippen LogP contribution in [0.1, 0.15) is 5.56 Å². The molecule has 1 aromatic carbocycles. The molecule has 0 aliphatic carbocycles. The number of hydrogen-bond donors (Lipinski definition) is 0. The Morgan fingerprint density at radius 3 is 2.13 bits per heavy atom. The van der Waals surface area contributed by atoms with Gasteiger partial charge in [0.1, 0.15) is 6.61 Å². The van der Waals surface area contributed by atoms with Crippen LogP contribution in [0.2, 0.25) is 0 Å². The number of rotatable bonds is 4. The van der Waals surface area contributed by atoms with Gasteiger partial charge in [0.25, 0.3) is 6.43 Å². The van der Waals surface area contributed by atoms with E-state index in [0.717, 1.165) is 12.1 Å². The number of alkyl halides is 3. The maximum absolute atomic E-state index is 13.1. The molecule has 0 saturated carbocycles. The summed E-state index contributed by atoms with van der Waals surface area (Å²) in [6.07, 6.45) is -2.78. The first kappa shape index (κ1) is 12.1. The lowest BCUT2D eigenvalue weighted by molar-refractivity contribution is 0.0777. The van der Waals surface area contributed by atoms with Crippen molar-refractivity contribution in [1.29, 1.82) is 0 Å². The lowest BCUT2D eigenvalue weighted by Crippen LogP contribution is -2.09. The molecule has 0 atom stereocenters. The summed E-state index contributed by atoms with van der Waals surface area (Å²) in [5.41, 5.74) is 0.219. The third-order valence-corrected chi connectivity index (χ3v) is 1.87. The van der Waals surface area contributed by atoms with Gasteiger partial charge in [0, 0.05) is 5.88 Å². The van der Waals surface area contributed by atoms with Gasteiger partial charge in [-0.05, 0) is 17.7 Å². The maximum Gasteiger partial charge on any atom is 0.272 e. The smallest absolute Gasteiger partial charge is 0.272 e. The highest BCUT2D eigenvalue weighted by atomic mass is 35.5. The minimum Gasteiger partial charge on any atom is -0.482 e. The van der Waals surface area contributed by atoms with Crippen LogP contribution in [0, 0.1) is 11.6 Å². The van der Waals surface area contributed by atoms with Crippen molar-refractivity contribution in [3.8, 4) is 5.75 Å². The van der Waals surface area contributed by atoms with Crippen LogP contribution in [-0.4, -0.2) is 13.0 Å². The number of ether oxygens (including phenoxy) is 1. The van der Waals surface area contributed by atoms with E-state index in [1.165, 1.54) is 0 Å². The SMILES string of the molecule is Fc1cc(CCl)cc(F)c1OCC(F)F. The fourth-order valence-corrected chi connectivity index (χ4v) is 1.13. The molecule has 0 N–H and O–H groups in total. The molecule has 0 unspecified atom stereocenters. The number of hydrogen-bond acceptors (Lipinski definition) is 1. The topological polar surface area (TPSA) is 9.23 Å². The lowest BCUT2D eigenvalue weighted by atomic mass is 10.2. The average Bonchev–Trinajstić information content (AvgIpc) is 2.15. The minimum absolute atomic E-state index is 0.0665. The zero-order valence-corrected chi connectivity index (χ0v) is 8.20. The average molecular weight is 243 g/mol. The maximum atomic E-state index is 13.1. The molecule has 6 heteroatoms. The first-order chi connectivity index (χ1) is 7.04. The van der Waals surface area contributed by atoms with Crippen molar-refractivity contribution in [3.63, 3.8) is 0 Å². The molecule has 1 nitrogen and oxygen atoms in total. The predicted molar refractivity (Wildman–Crippen MR) is 47.4 cm³/mol. The van der Waals surface area contributed by atoms with E-state index in [9.17, 15) is 17.6 Å². The van der Waals surface area contributed by atoms with Gasteiger partial charge < -0.3 is 4.74 Å². The molecule has 1 aromatic rings. The largest absolute Gasteiger partial charge is 0.482 e. The first-order valence-electron chi connectivity index (χ1n) is 3.99. The Hall–Kier alpha value is -0.970. The zero-order valence-electron chi connectivity index (χ0n) is 7.44. The summed E-state index contributed by atoms with van der Waals surface area (Å²) in [6, 6.07) is 1.88. The van der Waals surface area contributed by atoms with Crippen LogP contribution in [0.4, 0.5) is 17.6 Å². The standard InChI is InChI=1S/C9H7ClF4O/c10-3-5-1-6(11)9(7(12)2-5)15-4-8(13)14/h1-2,8H,3-4H2. The molecule has 0 fully saturated rings. The Morgan fingerprint density at radius 2 is 1.73 bits per heavy atom. The summed E-state index contributed by atoms with van der Waals surface area (Å²) < 4.78 is 53.9. The van der Waals surface area contributed by atoms with Crippen molar-refractivity contribution in [3.05, 3.63) is 29.3 Å². The van der Waals surface area contributed by atoms with Gasteiger partial charge in [-0.25, -0.2) is 17.6 Å². The van der Waals surface area contributed by atoms with Crippen LogP contribution in [0.3, 0.4) is 0 Å². The van der Waals surface area contributed by atoms with Crippen LogP contribution in [0.25, 0.3) is 0 Å². The summed E-state index contributed by atoms with van der Waals surface area (Å²) in [6.45, 7) is -1.05. The third-order valence-electron chi connectivity index (χ3n) is 1.57. The molecule has 0 saturated heterocycles. The van der Waals surface area contributed by atoms with Crippen LogP contribution in [-0.2, 0) is 5.88 Å². The molecule has 0 aromatic heterocycles. The van der Waals surface area contributed by atoms with Gasteiger partial charge in [0.05, 0.1) is 0 Å². The second kappa shape index (κ2) is 5.21. The Morgan fingerprint density at radius 1 is 1.20 bits per heavy atom. The minimum atomic E-state index is -2.78. The molecule has 0 aliphatic heterocycles. The second-order valence-electron chi connectivity index (χ2n) is 2.72. The number of benzene rings is 1. The molecule has 0 radical (unpaired) electrons. The van der Waals surface area contributed by atoms with Crippen LogP contribution in [0.15, 0.2) is 12.1 Å². The van der Waals surface area contributed by atoms with Crippen molar-refractivity contribution in [2.24, 2.45) is 0 Å². The molecule has 15 heavy (non-hydrogen) atoms. The van der Waals surface area contributed by atoms with E-state index >= 15 is 0 Å². The van der Waals surface area contributed by atoms with E-state index in [1.54, 1.807) is 0 Å². The van der Waals surface area contributed by atoms with Crippen molar-refractivity contribution < 1.29 is 22.3 Å². The van der Waals surface area contributed by atoms with Crippen molar-refractivity contribution in [2.45, 2.75) is 12.3 Å². The summed E-state index contributed by atoms with van der Waals surface area (Å²) in [5, 5.41) is 0. The summed E-state index contributed by atoms with van der Waals surface area (Å²) in [4.78, 5) is 0. The van der Waals surface area contributed by atoms with Gasteiger partial charge in [-0.2, -0.15) is 0 Å². The van der Waals surface area contributed by atoms with Crippen LogP contribution < -0.4 is 4.74 Å². The molecular weight excluding hydrogens is 236 g/mol. The van der Waals surface area contributed by atoms with E-state index in [4.69, 9.17) is 11.6 Å². The Kier molecular flexibility index (Phi) is 4.20. The van der Waals surface area contributed by atoms with Crippen LogP contribution in [0.5, 0.6) is 5.75 Å². The molecule has 0 aliphatic rings. The molecule has 0 spiro atoms. The van der Waals surface area contributed by atoms with E-state index in [-0.39, 0.29) is 11.4 Å². The second-order valence-corrected chi connectivity index (χ2v) is 2.99. The van der Waals surface area contributed by atoms with Gasteiger partial charge in [0.15, 0.2) is 17.4 Å². The third kappa shape index (κ3) is 3.27. The fourth-order valence-electron chi connectivity index (χ4n) is 0.974. The molecule has 1 rings (SSSR count). The van der Waals surface area contributed by atoms with Crippen molar-refractivity contribution in [2.75, 3.05) is 6.61 Å². The van der Waals surface area contributed by atoms with Gasteiger partial charge in [-0.15, -0.1) is 11.6 Å². The predicted octanol–water partition coefficient (Wildman–Crippen LogP) is 3.35. The summed E-state index contributed by atoms with van der Waals surface area (Å²) in [7, 11) is 0. The monoisotopic (exact) mass is 242 g/mol. The van der Waals surface area contributed by atoms with Gasteiger partial charge >= 0.3 is 0 Å². The molecule has 0 amide bonds. The highest BCUT2D eigenvalue weighted by Gasteiger charge is 2.14. The zero-order chi connectivity index (χ0) is 11.4. The van der Waals surface area contributed by atoms with E-state index < -0.39 is 30.4 Å². The van der Waals surface area contributed by atoms with Crippen molar-refractivity contribution >= 4 is 11.6 Å². The van der Waals surface area contributed by atoms with Gasteiger partial charge in [-0.3, -0.25) is 0 Å². The lowest BCUT2D eigenvalue weighted by Gasteiger charge is -2.08. The van der Waals surface area contributed by atoms with E-state index in [1.807, 2.05) is 0 Å².